The van der Waals surface area contributed by atoms with Crippen LogP contribution in [0.1, 0.15) is 10.6 Å². The summed E-state index contributed by atoms with van der Waals surface area (Å²) in [5, 5.41) is 4.33. The van der Waals surface area contributed by atoms with Gasteiger partial charge in [0.05, 0.1) is 12.3 Å². The number of ether oxygens (including phenoxy) is 1. The molecule has 0 radical (unpaired) electrons. The van der Waals surface area contributed by atoms with Gasteiger partial charge in [-0.3, -0.25) is 0 Å². The Hall–Kier alpha value is -0.690. The normalized spacial score (nSPS) is 17.4. The lowest BCUT2D eigenvalue weighted by atomic mass is 10.3. The molecule has 0 spiro atoms. The smallest absolute Gasteiger partial charge is 0.186 e. The molecule has 0 amide bonds. The molecule has 0 aromatic carbocycles. The maximum atomic E-state index is 5.22. The topological polar surface area (TPSA) is 40.6 Å². The Balaban J connectivity index is 2.10. The highest BCUT2D eigenvalue weighted by Gasteiger charge is 2.19. The Morgan fingerprint density at radius 2 is 2.06 bits per heavy atom. The number of nitrogens with zero attached hydrogens (tertiary/aromatic N) is 3. The van der Waals surface area contributed by atoms with Gasteiger partial charge in [0.25, 0.3) is 0 Å². The molecule has 102 valence electrons. The number of anilines is 1. The van der Waals surface area contributed by atoms with Crippen molar-refractivity contribution in [1.82, 2.24) is 15.2 Å². The van der Waals surface area contributed by atoms with Crippen LogP contribution in [0, 0.1) is 0 Å². The van der Waals surface area contributed by atoms with Gasteiger partial charge in [-0.05, 0) is 14.1 Å². The van der Waals surface area contributed by atoms with E-state index < -0.39 is 0 Å². The van der Waals surface area contributed by atoms with Crippen LogP contribution in [0.5, 0.6) is 0 Å². The van der Waals surface area contributed by atoms with E-state index in [1.165, 1.54) is 4.88 Å². The van der Waals surface area contributed by atoms with E-state index in [-0.39, 0.29) is 0 Å². The molecule has 1 aromatic heterocycles. The van der Waals surface area contributed by atoms with Gasteiger partial charge in [0.15, 0.2) is 5.13 Å². The van der Waals surface area contributed by atoms with Gasteiger partial charge >= 0.3 is 0 Å². The molecule has 2 heterocycles. The van der Waals surface area contributed by atoms with Crippen LogP contribution in [0.25, 0.3) is 0 Å². The number of nitrogens with one attached hydrogen (secondary N) is 1. The van der Waals surface area contributed by atoms with Crippen molar-refractivity contribution in [3.8, 4) is 0 Å². The Morgan fingerprint density at radius 3 is 2.67 bits per heavy atom. The zero-order valence-corrected chi connectivity index (χ0v) is 12.2. The van der Waals surface area contributed by atoms with Gasteiger partial charge in [-0.2, -0.15) is 0 Å². The molecular weight excluding hydrogens is 248 g/mol. The van der Waals surface area contributed by atoms with Crippen molar-refractivity contribution in [2.45, 2.75) is 13.2 Å². The lowest BCUT2D eigenvalue weighted by Crippen LogP contribution is -2.44. The quantitative estimate of drug-likeness (QED) is 0.855. The van der Waals surface area contributed by atoms with E-state index in [1.807, 2.05) is 7.05 Å². The average Bonchev–Trinajstić information content (AvgIpc) is 2.75. The van der Waals surface area contributed by atoms with Crippen molar-refractivity contribution in [3.63, 3.8) is 0 Å². The summed E-state index contributed by atoms with van der Waals surface area (Å²) in [4.78, 5) is 10.7. The first-order chi connectivity index (χ1) is 8.74. The zero-order valence-electron chi connectivity index (χ0n) is 11.4. The van der Waals surface area contributed by atoms with Gasteiger partial charge in [-0.25, -0.2) is 4.98 Å². The molecule has 1 fully saturated rings. The summed E-state index contributed by atoms with van der Waals surface area (Å²) < 4.78 is 5.22. The Morgan fingerprint density at radius 1 is 1.33 bits per heavy atom. The lowest BCUT2D eigenvalue weighted by molar-refractivity contribution is 0.181. The van der Waals surface area contributed by atoms with Crippen molar-refractivity contribution in [2.24, 2.45) is 0 Å². The minimum atomic E-state index is 0.598. The monoisotopic (exact) mass is 270 g/mol. The Bertz CT molecular complexity index is 351. The van der Waals surface area contributed by atoms with Crippen LogP contribution in [0.2, 0.25) is 0 Å². The first-order valence-electron chi connectivity index (χ1n) is 6.30. The molecule has 0 aliphatic carbocycles. The van der Waals surface area contributed by atoms with Crippen LogP contribution in [-0.2, 0) is 17.9 Å². The van der Waals surface area contributed by atoms with Crippen molar-refractivity contribution >= 4 is 16.5 Å². The fourth-order valence-corrected chi connectivity index (χ4v) is 3.18. The number of hydrogen-bond donors (Lipinski definition) is 1. The second-order valence-corrected chi connectivity index (χ2v) is 5.68. The molecule has 0 saturated carbocycles. The minimum Gasteiger partial charge on any atom is -0.378 e. The molecular formula is C12H22N4OS. The van der Waals surface area contributed by atoms with E-state index in [0.717, 1.165) is 43.5 Å². The molecule has 0 atom stereocenters. The molecule has 1 aromatic rings. The van der Waals surface area contributed by atoms with E-state index in [9.17, 15) is 0 Å². The summed E-state index contributed by atoms with van der Waals surface area (Å²) in [5.74, 6) is 0. The number of aromatic nitrogens is 1. The van der Waals surface area contributed by atoms with Gasteiger partial charge in [0.1, 0.15) is 0 Å². The van der Waals surface area contributed by atoms with Gasteiger partial charge in [-0.15, -0.1) is 11.3 Å². The molecule has 2 rings (SSSR count). The number of hydrogen-bond acceptors (Lipinski definition) is 6. The fraction of sp³-hybridized carbons (Fsp3) is 0.750. The van der Waals surface area contributed by atoms with Crippen LogP contribution in [0.3, 0.4) is 0 Å². The average molecular weight is 270 g/mol. The molecule has 18 heavy (non-hydrogen) atoms. The van der Waals surface area contributed by atoms with Crippen molar-refractivity contribution in [2.75, 3.05) is 52.3 Å². The third kappa shape index (κ3) is 3.20. The summed E-state index contributed by atoms with van der Waals surface area (Å²) >= 11 is 1.79. The highest BCUT2D eigenvalue weighted by molar-refractivity contribution is 7.15. The number of piperazine rings is 1. The summed E-state index contributed by atoms with van der Waals surface area (Å²) in [7, 11) is 5.85. The van der Waals surface area contributed by atoms with E-state index in [4.69, 9.17) is 9.72 Å². The largest absolute Gasteiger partial charge is 0.378 e. The molecule has 1 saturated heterocycles. The molecule has 1 N–H and O–H groups in total. The van der Waals surface area contributed by atoms with Gasteiger partial charge in [-0.1, -0.05) is 0 Å². The van der Waals surface area contributed by atoms with Crippen LogP contribution >= 0.6 is 11.3 Å². The lowest BCUT2D eigenvalue weighted by Gasteiger charge is -2.32. The number of likely N-dealkylation sites (N-methyl/N-ethyl adjacent to an activating group) is 1. The Labute approximate surface area is 113 Å². The summed E-state index contributed by atoms with van der Waals surface area (Å²) in [6.45, 7) is 5.82. The second-order valence-electron chi connectivity index (χ2n) is 4.62. The molecule has 0 bridgehead atoms. The third-order valence-corrected chi connectivity index (χ3v) is 4.32. The van der Waals surface area contributed by atoms with Crippen LogP contribution in [-0.4, -0.2) is 57.3 Å². The molecule has 1 aliphatic heterocycles. The molecule has 1 aliphatic rings. The van der Waals surface area contributed by atoms with Gasteiger partial charge in [0.2, 0.25) is 0 Å². The standard InChI is InChI=1S/C12H22N4OS/c1-13-8-11-10(9-17-3)14-12(18-11)16-6-4-15(2)5-7-16/h13H,4-9H2,1-3H3. The van der Waals surface area contributed by atoms with Crippen LogP contribution in [0.4, 0.5) is 5.13 Å². The fourth-order valence-electron chi connectivity index (χ4n) is 2.05. The van der Waals surface area contributed by atoms with E-state index in [0.29, 0.717) is 6.61 Å². The highest BCUT2D eigenvalue weighted by Crippen LogP contribution is 2.27. The molecule has 0 unspecified atom stereocenters. The van der Waals surface area contributed by atoms with Crippen LogP contribution < -0.4 is 10.2 Å². The number of rotatable bonds is 5. The second kappa shape index (κ2) is 6.47. The summed E-state index contributed by atoms with van der Waals surface area (Å²) in [6, 6.07) is 0. The van der Waals surface area contributed by atoms with Crippen molar-refractivity contribution < 1.29 is 4.74 Å². The van der Waals surface area contributed by atoms with E-state index >= 15 is 0 Å². The maximum absolute atomic E-state index is 5.22. The van der Waals surface area contributed by atoms with E-state index in [2.05, 4.69) is 22.2 Å². The predicted molar refractivity (Wildman–Crippen MR) is 75.3 cm³/mol. The van der Waals surface area contributed by atoms with Gasteiger partial charge < -0.3 is 19.9 Å². The van der Waals surface area contributed by atoms with E-state index in [1.54, 1.807) is 18.4 Å². The van der Waals surface area contributed by atoms with Crippen LogP contribution in [0.15, 0.2) is 0 Å². The maximum Gasteiger partial charge on any atom is 0.186 e. The molecule has 5 nitrogen and oxygen atoms in total. The summed E-state index contributed by atoms with van der Waals surface area (Å²) in [6.07, 6.45) is 0. The highest BCUT2D eigenvalue weighted by atomic mass is 32.1. The Kier molecular flexibility index (Phi) is 4.94. The first-order valence-corrected chi connectivity index (χ1v) is 7.12. The third-order valence-electron chi connectivity index (χ3n) is 3.16. The minimum absolute atomic E-state index is 0.598. The zero-order chi connectivity index (χ0) is 13.0. The van der Waals surface area contributed by atoms with Gasteiger partial charge in [0, 0.05) is 44.7 Å². The predicted octanol–water partition coefficient (Wildman–Crippen LogP) is 0.761. The molecule has 6 heteroatoms. The number of methoxy groups -OCH3 is 1. The number of thiazole rings is 1. The SMILES string of the molecule is CNCc1sc(N2CCN(C)CC2)nc1COC. The van der Waals surface area contributed by atoms with Crippen molar-refractivity contribution in [3.05, 3.63) is 10.6 Å². The van der Waals surface area contributed by atoms with Crippen molar-refractivity contribution in [1.29, 1.82) is 0 Å². The first kappa shape index (κ1) is 13.7. The summed E-state index contributed by atoms with van der Waals surface area (Å²) in [5.41, 5.74) is 1.07.